The van der Waals surface area contributed by atoms with Gasteiger partial charge < -0.3 is 19.9 Å². The van der Waals surface area contributed by atoms with Crippen LogP contribution in [-0.2, 0) is 19.1 Å². The molecule has 20 heavy (non-hydrogen) atoms. The fraction of sp³-hybridized carbons (Fsp3) is 0.462. The number of carboxylic acids is 1. The van der Waals surface area contributed by atoms with Gasteiger partial charge in [-0.15, -0.1) is 0 Å². The first-order valence-electron chi connectivity index (χ1n) is 6.04. The van der Waals surface area contributed by atoms with E-state index in [1.165, 1.54) is 12.2 Å². The number of amides is 1. The number of alkyl carbamates (subject to hydrolysis) is 1. The van der Waals surface area contributed by atoms with Crippen molar-refractivity contribution in [2.75, 3.05) is 13.2 Å². The molecule has 0 heterocycles. The molecule has 0 unspecified atom stereocenters. The van der Waals surface area contributed by atoms with Gasteiger partial charge in [-0.25, -0.2) is 9.59 Å². The molecule has 0 aromatic heterocycles. The Bertz CT molecular complexity index is 366. The van der Waals surface area contributed by atoms with E-state index >= 15 is 0 Å². The second-order valence-corrected chi connectivity index (χ2v) is 3.79. The molecule has 0 bridgehead atoms. The number of esters is 1. The van der Waals surface area contributed by atoms with Crippen LogP contribution < -0.4 is 5.32 Å². The molecule has 0 rings (SSSR count). The summed E-state index contributed by atoms with van der Waals surface area (Å²) in [7, 11) is 0. The summed E-state index contributed by atoms with van der Waals surface area (Å²) in [5.41, 5.74) is 0. The highest BCUT2D eigenvalue weighted by molar-refractivity contribution is 5.81. The van der Waals surface area contributed by atoms with Crippen molar-refractivity contribution in [3.05, 3.63) is 25.3 Å². The summed E-state index contributed by atoms with van der Waals surface area (Å²) in [5, 5.41) is 10.9. The van der Waals surface area contributed by atoms with Crippen molar-refractivity contribution < 1.29 is 29.0 Å². The van der Waals surface area contributed by atoms with Crippen LogP contribution in [0, 0.1) is 0 Å². The first-order valence-corrected chi connectivity index (χ1v) is 6.04. The molecule has 0 aromatic carbocycles. The summed E-state index contributed by atoms with van der Waals surface area (Å²) >= 11 is 0. The van der Waals surface area contributed by atoms with Gasteiger partial charge in [-0.05, 0) is 12.8 Å². The van der Waals surface area contributed by atoms with Gasteiger partial charge in [0.1, 0.15) is 19.3 Å². The lowest BCUT2D eigenvalue weighted by Gasteiger charge is -2.16. The highest BCUT2D eigenvalue weighted by Gasteiger charge is 2.22. The zero-order valence-corrected chi connectivity index (χ0v) is 11.2. The Morgan fingerprint density at radius 1 is 1.15 bits per heavy atom. The number of hydrogen-bond donors (Lipinski definition) is 2. The maximum Gasteiger partial charge on any atom is 0.408 e. The standard InChI is InChI=1S/C13H19NO6/c1-3-8-19-12(17)10(6-5-7-11(15)16)14-13(18)20-9-4-2/h3-4,10H,1-2,5-9H2,(H,14,18)(H,15,16)/t10-/m0/s1. The van der Waals surface area contributed by atoms with Crippen LogP contribution in [0.5, 0.6) is 0 Å². The van der Waals surface area contributed by atoms with Gasteiger partial charge >= 0.3 is 18.0 Å². The van der Waals surface area contributed by atoms with E-state index in [-0.39, 0.29) is 32.5 Å². The topological polar surface area (TPSA) is 102 Å². The van der Waals surface area contributed by atoms with E-state index in [1.54, 1.807) is 0 Å². The van der Waals surface area contributed by atoms with Crippen molar-refractivity contribution in [2.45, 2.75) is 25.3 Å². The number of rotatable bonds is 10. The summed E-state index contributed by atoms with van der Waals surface area (Å²) in [5.74, 6) is -1.64. The highest BCUT2D eigenvalue weighted by atomic mass is 16.6. The average Bonchev–Trinajstić information content (AvgIpc) is 2.40. The predicted octanol–water partition coefficient (Wildman–Crippen LogP) is 1.25. The molecule has 1 amide bonds. The summed E-state index contributed by atoms with van der Waals surface area (Å²) < 4.78 is 9.51. The minimum Gasteiger partial charge on any atom is -0.481 e. The van der Waals surface area contributed by atoms with Crippen LogP contribution >= 0.6 is 0 Å². The molecule has 0 fully saturated rings. The Kier molecular flexibility index (Phi) is 9.37. The SMILES string of the molecule is C=CCOC(=O)N[C@@H](CCCC(=O)O)C(=O)OCC=C. The smallest absolute Gasteiger partial charge is 0.408 e. The van der Waals surface area contributed by atoms with E-state index in [9.17, 15) is 14.4 Å². The van der Waals surface area contributed by atoms with E-state index in [0.29, 0.717) is 0 Å². The zero-order valence-electron chi connectivity index (χ0n) is 11.2. The highest BCUT2D eigenvalue weighted by Crippen LogP contribution is 2.04. The molecule has 0 aliphatic rings. The number of carbonyl (C=O) groups excluding carboxylic acids is 2. The van der Waals surface area contributed by atoms with Crippen LogP contribution in [0.1, 0.15) is 19.3 Å². The summed E-state index contributed by atoms with van der Waals surface area (Å²) in [6.45, 7) is 6.81. The molecule has 1 atom stereocenters. The molecule has 112 valence electrons. The third-order valence-electron chi connectivity index (χ3n) is 2.14. The Labute approximate surface area is 117 Å². The summed E-state index contributed by atoms with van der Waals surface area (Å²) in [6, 6.07) is -0.952. The first-order chi connectivity index (χ1) is 9.51. The van der Waals surface area contributed by atoms with Crippen LogP contribution in [0.25, 0.3) is 0 Å². The van der Waals surface area contributed by atoms with Gasteiger partial charge in [0.2, 0.25) is 0 Å². The zero-order chi connectivity index (χ0) is 15.4. The number of hydrogen-bond acceptors (Lipinski definition) is 5. The minimum atomic E-state index is -0.975. The molecule has 0 aliphatic carbocycles. The fourth-order valence-electron chi connectivity index (χ4n) is 1.27. The molecule has 0 saturated carbocycles. The van der Waals surface area contributed by atoms with Crippen molar-refractivity contribution in [1.82, 2.24) is 5.32 Å². The third-order valence-corrected chi connectivity index (χ3v) is 2.14. The fourth-order valence-corrected chi connectivity index (χ4v) is 1.27. The van der Waals surface area contributed by atoms with E-state index in [1.807, 2.05) is 0 Å². The third kappa shape index (κ3) is 8.73. The lowest BCUT2D eigenvalue weighted by Crippen LogP contribution is -2.42. The Balaban J connectivity index is 4.39. The van der Waals surface area contributed by atoms with E-state index < -0.39 is 24.1 Å². The Morgan fingerprint density at radius 2 is 1.75 bits per heavy atom. The van der Waals surface area contributed by atoms with Crippen molar-refractivity contribution in [1.29, 1.82) is 0 Å². The number of carbonyl (C=O) groups is 3. The molecule has 0 aromatic rings. The van der Waals surface area contributed by atoms with Gasteiger partial charge in [0, 0.05) is 6.42 Å². The van der Waals surface area contributed by atoms with Crippen molar-refractivity contribution in [3.63, 3.8) is 0 Å². The normalized spacial score (nSPS) is 11.0. The molecule has 0 saturated heterocycles. The lowest BCUT2D eigenvalue weighted by molar-refractivity contribution is -0.145. The van der Waals surface area contributed by atoms with Gasteiger partial charge in [0.05, 0.1) is 0 Å². The second kappa shape index (κ2) is 10.6. The van der Waals surface area contributed by atoms with Crippen LogP contribution in [0.4, 0.5) is 4.79 Å². The number of nitrogens with one attached hydrogen (secondary N) is 1. The van der Waals surface area contributed by atoms with Gasteiger partial charge in [-0.2, -0.15) is 0 Å². The molecule has 0 aliphatic heterocycles. The number of carboxylic acid groups (broad SMARTS) is 1. The maximum atomic E-state index is 11.7. The molecule has 7 nitrogen and oxygen atoms in total. The summed E-state index contributed by atoms with van der Waals surface area (Å²) in [4.78, 5) is 33.5. The second-order valence-electron chi connectivity index (χ2n) is 3.79. The number of ether oxygens (including phenoxy) is 2. The van der Waals surface area contributed by atoms with E-state index in [2.05, 4.69) is 18.5 Å². The van der Waals surface area contributed by atoms with Crippen LogP contribution in [0.15, 0.2) is 25.3 Å². The molecular formula is C13H19NO6. The Hall–Kier alpha value is -2.31. The van der Waals surface area contributed by atoms with E-state index in [0.717, 1.165) is 0 Å². The molecule has 7 heteroatoms. The van der Waals surface area contributed by atoms with Gasteiger partial charge in [-0.3, -0.25) is 4.79 Å². The van der Waals surface area contributed by atoms with E-state index in [4.69, 9.17) is 14.6 Å². The van der Waals surface area contributed by atoms with Gasteiger partial charge in [-0.1, -0.05) is 25.3 Å². The Morgan fingerprint density at radius 3 is 2.30 bits per heavy atom. The van der Waals surface area contributed by atoms with Crippen LogP contribution in [0.2, 0.25) is 0 Å². The summed E-state index contributed by atoms with van der Waals surface area (Å²) in [6.07, 6.45) is 2.25. The van der Waals surface area contributed by atoms with Crippen molar-refractivity contribution >= 4 is 18.0 Å². The largest absolute Gasteiger partial charge is 0.481 e. The van der Waals surface area contributed by atoms with Crippen LogP contribution in [-0.4, -0.2) is 42.4 Å². The van der Waals surface area contributed by atoms with Crippen LogP contribution in [0.3, 0.4) is 0 Å². The van der Waals surface area contributed by atoms with Crippen molar-refractivity contribution in [2.24, 2.45) is 0 Å². The number of aliphatic carboxylic acids is 1. The average molecular weight is 285 g/mol. The minimum absolute atomic E-state index is 0.00931. The maximum absolute atomic E-state index is 11.7. The monoisotopic (exact) mass is 285 g/mol. The molecular weight excluding hydrogens is 266 g/mol. The molecule has 0 radical (unpaired) electrons. The lowest BCUT2D eigenvalue weighted by atomic mass is 10.1. The van der Waals surface area contributed by atoms with Gasteiger partial charge in [0.25, 0.3) is 0 Å². The molecule has 2 N–H and O–H groups in total. The predicted molar refractivity (Wildman–Crippen MR) is 71.1 cm³/mol. The van der Waals surface area contributed by atoms with Crippen molar-refractivity contribution in [3.8, 4) is 0 Å². The first kappa shape index (κ1) is 17.7. The quantitative estimate of drug-likeness (QED) is 0.462. The van der Waals surface area contributed by atoms with Gasteiger partial charge in [0.15, 0.2) is 0 Å². The molecule has 0 spiro atoms.